The Morgan fingerprint density at radius 3 is 3.00 bits per heavy atom. The van der Waals surface area contributed by atoms with Crippen LogP contribution in [0.4, 0.5) is 5.69 Å². The fraction of sp³-hybridized carbons (Fsp3) is 0.182. The number of carboxylic acids is 1. The predicted molar refractivity (Wildman–Crippen MR) is 61.2 cm³/mol. The van der Waals surface area contributed by atoms with Gasteiger partial charge in [-0.15, -0.1) is 0 Å². The molecule has 5 nitrogen and oxygen atoms in total. The molecule has 1 aliphatic heterocycles. The van der Waals surface area contributed by atoms with Gasteiger partial charge in [-0.3, -0.25) is 10.2 Å². The van der Waals surface area contributed by atoms with Crippen molar-refractivity contribution >= 4 is 17.7 Å². The van der Waals surface area contributed by atoms with Gasteiger partial charge < -0.3 is 5.11 Å². The number of aliphatic carboxylic acids is 1. The van der Waals surface area contributed by atoms with E-state index in [1.807, 2.05) is 30.3 Å². The number of carboxylic acid groups (broad SMARTS) is 1. The molecule has 1 aromatic rings. The summed E-state index contributed by atoms with van der Waals surface area (Å²) in [5.41, 5.74) is 7.86. The van der Waals surface area contributed by atoms with E-state index in [4.69, 9.17) is 5.11 Å². The van der Waals surface area contributed by atoms with Crippen LogP contribution in [0.1, 0.15) is 12.5 Å². The lowest BCUT2D eigenvalue weighted by atomic mass is 10.1. The number of rotatable bonds is 3. The van der Waals surface area contributed by atoms with Crippen molar-refractivity contribution in [1.82, 2.24) is 10.5 Å². The van der Waals surface area contributed by atoms with E-state index < -0.39 is 12.0 Å². The van der Waals surface area contributed by atoms with Crippen LogP contribution in [0.3, 0.4) is 0 Å². The molecule has 1 heterocycles. The molecule has 0 unspecified atom stereocenters. The molecule has 0 saturated carbocycles. The zero-order valence-electron chi connectivity index (χ0n) is 8.84. The average molecular weight is 219 g/mol. The lowest BCUT2D eigenvalue weighted by Gasteiger charge is -2.28. The summed E-state index contributed by atoms with van der Waals surface area (Å²) < 4.78 is 0. The van der Waals surface area contributed by atoms with E-state index in [9.17, 15) is 4.79 Å². The van der Waals surface area contributed by atoms with Gasteiger partial charge >= 0.3 is 5.97 Å². The highest BCUT2D eigenvalue weighted by Gasteiger charge is 2.15. The number of benzene rings is 1. The van der Waals surface area contributed by atoms with Gasteiger partial charge in [0, 0.05) is 11.8 Å². The molecule has 1 aromatic carbocycles. The van der Waals surface area contributed by atoms with Crippen molar-refractivity contribution in [2.24, 2.45) is 0 Å². The minimum atomic E-state index is -0.894. The zero-order valence-corrected chi connectivity index (χ0v) is 8.84. The molecule has 5 heteroatoms. The molecule has 1 aliphatic rings. The second kappa shape index (κ2) is 4.24. The topological polar surface area (TPSA) is 64.6 Å². The highest BCUT2D eigenvalue weighted by molar-refractivity contribution is 5.73. The molecule has 0 radical (unpaired) electrons. The van der Waals surface area contributed by atoms with Gasteiger partial charge in [-0.25, -0.2) is 10.5 Å². The summed E-state index contributed by atoms with van der Waals surface area (Å²) in [4.78, 5) is 10.7. The molecule has 0 bridgehead atoms. The number of anilines is 1. The standard InChI is InChI=1S/C11H13N3O2/c1-8(11(15)16)12-14-7-6-9-4-2-3-5-10(9)13-14/h2-8,12-13H,1H3,(H,15,16)/t8-/m0/s1. The van der Waals surface area contributed by atoms with Gasteiger partial charge in [0.1, 0.15) is 6.04 Å². The maximum Gasteiger partial charge on any atom is 0.322 e. The molecular formula is C11H13N3O2. The van der Waals surface area contributed by atoms with Crippen molar-refractivity contribution in [3.63, 3.8) is 0 Å². The smallest absolute Gasteiger partial charge is 0.322 e. The number of hydrogen-bond acceptors (Lipinski definition) is 4. The Labute approximate surface area is 93.3 Å². The Morgan fingerprint density at radius 1 is 1.50 bits per heavy atom. The first-order chi connectivity index (χ1) is 7.66. The second-order valence-electron chi connectivity index (χ2n) is 3.57. The molecule has 0 spiro atoms. The van der Waals surface area contributed by atoms with Crippen LogP contribution < -0.4 is 10.9 Å². The number of para-hydroxylation sites is 1. The van der Waals surface area contributed by atoms with Crippen LogP contribution >= 0.6 is 0 Å². The molecule has 0 aliphatic carbocycles. The van der Waals surface area contributed by atoms with Gasteiger partial charge in [-0.2, -0.15) is 0 Å². The maximum atomic E-state index is 10.7. The predicted octanol–water partition coefficient (Wildman–Crippen LogP) is 1.28. The van der Waals surface area contributed by atoms with E-state index in [1.165, 1.54) is 0 Å². The summed E-state index contributed by atoms with van der Waals surface area (Å²) >= 11 is 0. The Hall–Kier alpha value is -2.01. The van der Waals surface area contributed by atoms with Crippen molar-refractivity contribution in [3.05, 3.63) is 36.0 Å². The molecule has 3 N–H and O–H groups in total. The van der Waals surface area contributed by atoms with Crippen LogP contribution in [0.15, 0.2) is 30.5 Å². The minimum absolute atomic E-state index is 0.651. The highest BCUT2D eigenvalue weighted by atomic mass is 16.4. The largest absolute Gasteiger partial charge is 0.480 e. The Balaban J connectivity index is 2.06. The van der Waals surface area contributed by atoms with Crippen molar-refractivity contribution in [2.75, 3.05) is 5.43 Å². The fourth-order valence-corrected chi connectivity index (χ4v) is 1.41. The SMILES string of the molecule is C[C@H](NN1C=Cc2ccccc2N1)C(=O)O. The van der Waals surface area contributed by atoms with Gasteiger partial charge in [0.05, 0.1) is 5.69 Å². The Bertz CT molecular complexity index is 431. The molecule has 16 heavy (non-hydrogen) atoms. The van der Waals surface area contributed by atoms with Crippen LogP contribution in [0.25, 0.3) is 6.08 Å². The molecule has 1 atom stereocenters. The third-order valence-corrected chi connectivity index (χ3v) is 2.31. The normalized spacial score (nSPS) is 15.2. The molecule has 0 saturated heterocycles. The van der Waals surface area contributed by atoms with Crippen LogP contribution in [0, 0.1) is 0 Å². The Morgan fingerprint density at radius 2 is 2.25 bits per heavy atom. The summed E-state index contributed by atoms with van der Waals surface area (Å²) in [6.45, 7) is 1.58. The highest BCUT2D eigenvalue weighted by Crippen LogP contribution is 2.20. The van der Waals surface area contributed by atoms with Gasteiger partial charge in [-0.1, -0.05) is 18.2 Å². The minimum Gasteiger partial charge on any atom is -0.480 e. The molecule has 0 amide bonds. The van der Waals surface area contributed by atoms with Gasteiger partial charge in [0.15, 0.2) is 0 Å². The molecule has 0 aromatic heterocycles. The fourth-order valence-electron chi connectivity index (χ4n) is 1.41. The summed E-state index contributed by atoms with van der Waals surface area (Å²) in [6.07, 6.45) is 3.66. The Kier molecular flexibility index (Phi) is 2.78. The number of hydrogen-bond donors (Lipinski definition) is 3. The molecule has 84 valence electrons. The third kappa shape index (κ3) is 2.14. The van der Waals surface area contributed by atoms with E-state index in [-0.39, 0.29) is 0 Å². The van der Waals surface area contributed by atoms with Gasteiger partial charge in [0.2, 0.25) is 0 Å². The van der Waals surface area contributed by atoms with E-state index in [0.717, 1.165) is 11.3 Å². The van der Waals surface area contributed by atoms with E-state index >= 15 is 0 Å². The van der Waals surface area contributed by atoms with Crippen molar-refractivity contribution in [2.45, 2.75) is 13.0 Å². The van der Waals surface area contributed by atoms with Crippen LogP contribution in [0.5, 0.6) is 0 Å². The van der Waals surface area contributed by atoms with Crippen LogP contribution in [-0.2, 0) is 4.79 Å². The van der Waals surface area contributed by atoms with Crippen molar-refractivity contribution in [1.29, 1.82) is 0 Å². The van der Waals surface area contributed by atoms with E-state index in [2.05, 4.69) is 10.9 Å². The van der Waals surface area contributed by atoms with Gasteiger partial charge in [0.25, 0.3) is 0 Å². The summed E-state index contributed by atoms with van der Waals surface area (Å²) in [5, 5.41) is 10.3. The number of nitrogens with one attached hydrogen (secondary N) is 2. The van der Waals surface area contributed by atoms with Crippen molar-refractivity contribution < 1.29 is 9.90 Å². The van der Waals surface area contributed by atoms with E-state index in [0.29, 0.717) is 0 Å². The molecule has 0 fully saturated rings. The average Bonchev–Trinajstić information content (AvgIpc) is 2.28. The first-order valence-corrected chi connectivity index (χ1v) is 4.99. The number of fused-ring (bicyclic) bond motifs is 1. The molecule has 2 rings (SSSR count). The lowest BCUT2D eigenvalue weighted by Crippen LogP contribution is -2.47. The van der Waals surface area contributed by atoms with Gasteiger partial charge in [-0.05, 0) is 19.1 Å². The maximum absolute atomic E-state index is 10.7. The first kappa shape index (κ1) is 10.5. The van der Waals surface area contributed by atoms with Crippen LogP contribution in [-0.4, -0.2) is 22.2 Å². The van der Waals surface area contributed by atoms with E-state index in [1.54, 1.807) is 18.2 Å². The zero-order chi connectivity index (χ0) is 11.5. The lowest BCUT2D eigenvalue weighted by molar-refractivity contribution is -0.140. The number of carbonyl (C=O) groups is 1. The number of nitrogens with zero attached hydrogens (tertiary/aromatic N) is 1. The second-order valence-corrected chi connectivity index (χ2v) is 3.57. The first-order valence-electron chi connectivity index (χ1n) is 4.99. The van der Waals surface area contributed by atoms with Crippen molar-refractivity contribution in [3.8, 4) is 0 Å². The van der Waals surface area contributed by atoms with Crippen LogP contribution in [0.2, 0.25) is 0 Å². The summed E-state index contributed by atoms with van der Waals surface area (Å²) in [5.74, 6) is -0.894. The summed E-state index contributed by atoms with van der Waals surface area (Å²) in [7, 11) is 0. The molecular weight excluding hydrogens is 206 g/mol. The number of hydrazine groups is 2. The third-order valence-electron chi connectivity index (χ3n) is 2.31. The quantitative estimate of drug-likeness (QED) is 0.714. The summed E-state index contributed by atoms with van der Waals surface area (Å²) in [6, 6.07) is 7.13. The monoisotopic (exact) mass is 219 g/mol.